The lowest BCUT2D eigenvalue weighted by Gasteiger charge is -2.26. The van der Waals surface area contributed by atoms with Gasteiger partial charge in [-0.05, 0) is 25.7 Å². The Morgan fingerprint density at radius 3 is 2.55 bits per heavy atom. The quantitative estimate of drug-likeness (QED) is 0.497. The first-order chi connectivity index (χ1) is 14.7. The lowest BCUT2D eigenvalue weighted by Crippen LogP contribution is -2.40. The molecule has 0 radical (unpaired) electrons. The minimum Gasteiger partial charge on any atom is -0.492 e. The molecule has 2 aliphatic carbocycles. The third-order valence-corrected chi connectivity index (χ3v) is 6.73. The summed E-state index contributed by atoms with van der Waals surface area (Å²) in [5, 5.41) is 20.5. The van der Waals surface area contributed by atoms with Crippen molar-refractivity contribution in [1.82, 2.24) is 9.55 Å². The van der Waals surface area contributed by atoms with E-state index in [1.807, 2.05) is 0 Å². The molecule has 1 aliphatic heterocycles. The molecule has 0 spiro atoms. The third kappa shape index (κ3) is 2.93. The monoisotopic (exact) mass is 438 g/mol. The fourth-order valence-electron chi connectivity index (χ4n) is 4.72. The van der Waals surface area contributed by atoms with Gasteiger partial charge in [-0.3, -0.25) is 14.3 Å². The zero-order chi connectivity index (χ0) is 22.2. The summed E-state index contributed by atoms with van der Waals surface area (Å²) in [7, 11) is 1.28. The molecule has 0 bridgehead atoms. The summed E-state index contributed by atoms with van der Waals surface area (Å²) in [4.78, 5) is 28.5. The van der Waals surface area contributed by atoms with E-state index in [9.17, 15) is 24.2 Å². The minimum atomic E-state index is -1.52. The highest BCUT2D eigenvalue weighted by Gasteiger charge is 2.54. The molecular formula is C20H24F2N4O5. The number of nitrogens with two attached hydrogens (primary N) is 1. The van der Waals surface area contributed by atoms with E-state index < -0.39 is 46.5 Å². The van der Waals surface area contributed by atoms with Crippen LogP contribution in [0.5, 0.6) is 5.75 Å². The molecule has 2 saturated carbocycles. The molecule has 11 heteroatoms. The second-order valence-corrected chi connectivity index (χ2v) is 8.83. The molecule has 31 heavy (non-hydrogen) atoms. The van der Waals surface area contributed by atoms with Gasteiger partial charge in [0.1, 0.15) is 17.4 Å². The van der Waals surface area contributed by atoms with E-state index in [2.05, 4.69) is 4.98 Å². The van der Waals surface area contributed by atoms with Gasteiger partial charge >= 0.3 is 5.69 Å². The number of nitrogen functional groups attached to an aromatic ring is 1. The van der Waals surface area contributed by atoms with Crippen molar-refractivity contribution < 1.29 is 23.7 Å². The number of methoxy groups -OCH3 is 1. The molecule has 0 amide bonds. The molecular weight excluding hydrogens is 414 g/mol. The van der Waals surface area contributed by atoms with Crippen LogP contribution in [0.1, 0.15) is 31.7 Å². The Hall–Kier alpha value is -2.66. The van der Waals surface area contributed by atoms with Gasteiger partial charge < -0.3 is 25.6 Å². The first-order valence-electron chi connectivity index (χ1n) is 10.3. The summed E-state index contributed by atoms with van der Waals surface area (Å²) in [5.74, 6) is -1.97. The molecule has 1 aromatic heterocycles. The minimum absolute atomic E-state index is 0.0767. The Labute approximate surface area is 175 Å². The fourth-order valence-corrected chi connectivity index (χ4v) is 4.72. The Morgan fingerprint density at radius 1 is 1.29 bits per heavy atom. The summed E-state index contributed by atoms with van der Waals surface area (Å²) in [6.07, 6.45) is -0.625. The number of rotatable bonds is 5. The second-order valence-electron chi connectivity index (χ2n) is 8.83. The molecule has 2 aromatic rings. The van der Waals surface area contributed by atoms with E-state index in [-0.39, 0.29) is 41.5 Å². The topological polar surface area (TPSA) is 134 Å². The number of aliphatic hydroxyl groups is 2. The molecule has 3 atom stereocenters. The smallest absolute Gasteiger partial charge is 0.329 e. The van der Waals surface area contributed by atoms with Crippen molar-refractivity contribution in [1.29, 1.82) is 0 Å². The number of aromatic amines is 1. The van der Waals surface area contributed by atoms with Crippen LogP contribution >= 0.6 is 0 Å². The predicted octanol–water partition coefficient (Wildman–Crippen LogP) is 0.415. The Bertz CT molecular complexity index is 1190. The number of H-pyrrole nitrogens is 1. The number of fused-ring (bicyclic) bond motifs is 1. The van der Waals surface area contributed by atoms with Crippen molar-refractivity contribution in [3.8, 4) is 5.75 Å². The number of hydrogen-bond donors (Lipinski definition) is 4. The van der Waals surface area contributed by atoms with E-state index in [0.29, 0.717) is 25.7 Å². The van der Waals surface area contributed by atoms with Crippen LogP contribution in [0.3, 0.4) is 0 Å². The second kappa shape index (κ2) is 6.67. The van der Waals surface area contributed by atoms with Crippen LogP contribution < -0.4 is 26.6 Å². The fraction of sp³-hybridized carbons (Fsp3) is 0.600. The molecule has 5 rings (SSSR count). The lowest BCUT2D eigenvalue weighted by molar-refractivity contribution is -0.0440. The highest BCUT2D eigenvalue weighted by Crippen LogP contribution is 2.48. The number of aromatic nitrogens is 2. The molecule has 168 valence electrons. The number of hydrogen-bond acceptors (Lipinski definition) is 7. The van der Waals surface area contributed by atoms with Gasteiger partial charge in [-0.15, -0.1) is 0 Å². The summed E-state index contributed by atoms with van der Waals surface area (Å²) in [5.41, 5.74) is 2.66. The summed E-state index contributed by atoms with van der Waals surface area (Å²) >= 11 is 0. The molecule has 9 nitrogen and oxygen atoms in total. The number of nitrogens with one attached hydrogen (secondary N) is 1. The number of alkyl halides is 1. The number of aliphatic hydroxyl groups excluding tert-OH is 1. The maximum absolute atomic E-state index is 15.4. The largest absolute Gasteiger partial charge is 0.492 e. The van der Waals surface area contributed by atoms with Gasteiger partial charge in [0.25, 0.3) is 5.56 Å². The third-order valence-electron chi connectivity index (χ3n) is 6.73. The number of ether oxygens (including phenoxy) is 1. The van der Waals surface area contributed by atoms with Crippen molar-refractivity contribution in [3.63, 3.8) is 0 Å². The highest BCUT2D eigenvalue weighted by atomic mass is 19.1. The van der Waals surface area contributed by atoms with Crippen molar-refractivity contribution in [2.45, 2.75) is 49.6 Å². The van der Waals surface area contributed by atoms with E-state index in [1.54, 1.807) is 0 Å². The highest BCUT2D eigenvalue weighted by molar-refractivity contribution is 5.99. The van der Waals surface area contributed by atoms with Gasteiger partial charge in [-0.1, -0.05) is 0 Å². The summed E-state index contributed by atoms with van der Waals surface area (Å²) in [6.45, 7) is -0.341. The normalized spacial score (nSPS) is 25.8. The zero-order valence-electron chi connectivity index (χ0n) is 16.9. The van der Waals surface area contributed by atoms with Crippen molar-refractivity contribution in [3.05, 3.63) is 26.7 Å². The first-order valence-corrected chi connectivity index (χ1v) is 10.3. The Balaban J connectivity index is 1.69. The molecule has 3 fully saturated rings. The van der Waals surface area contributed by atoms with Crippen molar-refractivity contribution in [2.24, 2.45) is 5.92 Å². The number of benzene rings is 1. The van der Waals surface area contributed by atoms with Gasteiger partial charge in [0, 0.05) is 25.0 Å². The van der Waals surface area contributed by atoms with Crippen LogP contribution in [0.25, 0.3) is 10.9 Å². The number of halogens is 2. The predicted molar refractivity (Wildman–Crippen MR) is 109 cm³/mol. The molecule has 2 heterocycles. The Morgan fingerprint density at radius 2 is 1.97 bits per heavy atom. The lowest BCUT2D eigenvalue weighted by atomic mass is 9.94. The summed E-state index contributed by atoms with van der Waals surface area (Å²) < 4.78 is 37.1. The first kappa shape index (κ1) is 20.3. The molecule has 3 aliphatic rings. The molecule has 1 aromatic carbocycles. The van der Waals surface area contributed by atoms with Gasteiger partial charge in [0.2, 0.25) is 0 Å². The van der Waals surface area contributed by atoms with Crippen molar-refractivity contribution >= 4 is 22.3 Å². The van der Waals surface area contributed by atoms with Crippen LogP contribution in [0.4, 0.5) is 20.2 Å². The average Bonchev–Trinajstić information content (AvgIpc) is 3.64. The van der Waals surface area contributed by atoms with Gasteiger partial charge in [-0.25, -0.2) is 13.6 Å². The van der Waals surface area contributed by atoms with E-state index in [4.69, 9.17) is 10.5 Å². The van der Waals surface area contributed by atoms with Gasteiger partial charge in [0.05, 0.1) is 29.9 Å². The van der Waals surface area contributed by atoms with E-state index >= 15 is 4.39 Å². The molecule has 5 N–H and O–H groups in total. The summed E-state index contributed by atoms with van der Waals surface area (Å²) in [6, 6.07) is -0.176. The zero-order valence-corrected chi connectivity index (χ0v) is 16.9. The molecule has 3 unspecified atom stereocenters. The van der Waals surface area contributed by atoms with Crippen molar-refractivity contribution in [2.75, 3.05) is 30.8 Å². The van der Waals surface area contributed by atoms with E-state index in [0.717, 1.165) is 0 Å². The van der Waals surface area contributed by atoms with Gasteiger partial charge in [-0.2, -0.15) is 0 Å². The molecule has 1 saturated heterocycles. The average molecular weight is 438 g/mol. The van der Waals surface area contributed by atoms with Crippen LogP contribution in [0.2, 0.25) is 0 Å². The maximum Gasteiger partial charge on any atom is 0.329 e. The Kier molecular flexibility index (Phi) is 4.36. The number of anilines is 2. The number of nitrogens with zero attached hydrogens (tertiary/aromatic N) is 2. The SMILES string of the molecule is COc1c(N2CC(F)C(C(O)C3(O)CC3)C2)c(F)c(N)c2c(=O)[nH]c(=O)n(C3CC3)c12. The van der Waals surface area contributed by atoms with E-state index in [1.165, 1.54) is 16.6 Å². The van der Waals surface area contributed by atoms with Crippen LogP contribution in [0.15, 0.2) is 9.59 Å². The van der Waals surface area contributed by atoms with Crippen LogP contribution in [-0.4, -0.2) is 57.8 Å². The van der Waals surface area contributed by atoms with Gasteiger partial charge in [0.15, 0.2) is 11.6 Å². The standard InChI is InChI=1S/C20H24F2N4O5/c1-31-16-14-11(18(28)24-19(29)26(14)8-2-3-8)13(23)12(22)15(16)25-6-9(10(21)7-25)17(27)20(30)4-5-20/h8-10,17,27,30H,2-7,23H2,1H3,(H,24,28,29). The van der Waals surface area contributed by atoms with Crippen LogP contribution in [-0.2, 0) is 0 Å². The maximum atomic E-state index is 15.4. The van der Waals surface area contributed by atoms with Crippen LogP contribution in [0, 0.1) is 11.7 Å².